The number of hydrogen-bond donors (Lipinski definition) is 0. The standard InChI is InChI=1S/C51H45BN6/c1-49(2,3)28-10-14-31(15-11-28)56-38-17-13-30(51(7,8)9)25-36(38)52-43-46(56)41-33-18-21-53-26-39(33)57-40-27-54-22-19-34(40)42(45(41)57)47(43)58-37-16-12-29(50(4,5)6)24-35(37)32-20-23-55-48(52)44(32)58/h10-27H,1-9H3. The predicted octanol–water partition coefficient (Wildman–Crippen LogP) is 10.6. The molecule has 2 aliphatic heterocycles. The van der Waals surface area contributed by atoms with Crippen LogP contribution in [0.3, 0.4) is 0 Å². The van der Waals surface area contributed by atoms with Crippen LogP contribution in [-0.4, -0.2) is 30.6 Å². The van der Waals surface area contributed by atoms with Crippen molar-refractivity contribution in [2.45, 2.75) is 78.6 Å². The first-order valence-corrected chi connectivity index (χ1v) is 20.6. The maximum atomic E-state index is 5.44. The second-order valence-corrected chi connectivity index (χ2v) is 19.8. The Labute approximate surface area is 338 Å². The predicted molar refractivity (Wildman–Crippen MR) is 244 cm³/mol. The topological polar surface area (TPSA) is 51.3 Å². The monoisotopic (exact) mass is 752 g/mol. The Kier molecular flexibility index (Phi) is 6.33. The van der Waals surface area contributed by atoms with Crippen LogP contribution in [0.5, 0.6) is 0 Å². The first kappa shape index (κ1) is 33.9. The van der Waals surface area contributed by atoms with Crippen LogP contribution >= 0.6 is 0 Å². The summed E-state index contributed by atoms with van der Waals surface area (Å²) in [6, 6.07) is 30.3. The van der Waals surface area contributed by atoms with Gasteiger partial charge in [-0.2, -0.15) is 0 Å². The number of pyridine rings is 3. The molecule has 0 spiro atoms. The molecule has 6 aromatic heterocycles. The summed E-state index contributed by atoms with van der Waals surface area (Å²) in [5.41, 5.74) is 18.2. The minimum atomic E-state index is -0.109. The van der Waals surface area contributed by atoms with E-state index in [9.17, 15) is 0 Å². The average molecular weight is 753 g/mol. The smallest absolute Gasteiger partial charge is 0.275 e. The number of hydrogen-bond acceptors (Lipinski definition) is 4. The van der Waals surface area contributed by atoms with Gasteiger partial charge in [-0.3, -0.25) is 15.0 Å². The molecule has 0 atom stereocenters. The van der Waals surface area contributed by atoms with Crippen molar-refractivity contribution in [3.05, 3.63) is 127 Å². The van der Waals surface area contributed by atoms with E-state index < -0.39 is 0 Å². The third-order valence-electron chi connectivity index (χ3n) is 13.3. The van der Waals surface area contributed by atoms with Gasteiger partial charge in [-0.1, -0.05) is 92.6 Å². The number of nitrogens with zero attached hydrogens (tertiary/aromatic N) is 6. The van der Waals surface area contributed by atoms with Crippen LogP contribution in [0.4, 0.5) is 17.1 Å². The minimum Gasteiger partial charge on any atom is -0.311 e. The maximum Gasteiger partial charge on any atom is 0.275 e. The fourth-order valence-corrected chi connectivity index (χ4v) is 10.4. The molecule has 0 amide bonds. The third-order valence-corrected chi connectivity index (χ3v) is 13.3. The molecule has 7 heteroatoms. The highest BCUT2D eigenvalue weighted by Gasteiger charge is 2.46. The lowest BCUT2D eigenvalue weighted by atomic mass is 9.35. The van der Waals surface area contributed by atoms with Gasteiger partial charge in [0, 0.05) is 67.9 Å². The molecule has 0 N–H and O–H groups in total. The van der Waals surface area contributed by atoms with Crippen LogP contribution in [0.25, 0.3) is 65.6 Å². The second-order valence-electron chi connectivity index (χ2n) is 19.8. The highest BCUT2D eigenvalue weighted by molar-refractivity contribution is 7.00. The number of rotatable bonds is 1. The fraction of sp³-hybridized carbons (Fsp3) is 0.235. The van der Waals surface area contributed by atoms with E-state index in [1.165, 1.54) is 93.5 Å². The van der Waals surface area contributed by atoms with Gasteiger partial charge in [0.25, 0.3) is 6.71 Å². The van der Waals surface area contributed by atoms with E-state index in [1.54, 1.807) is 0 Å². The van der Waals surface area contributed by atoms with Gasteiger partial charge in [0.15, 0.2) is 0 Å². The Bertz CT molecular complexity index is 3400. The normalized spacial score (nSPS) is 14.2. The Hall–Kier alpha value is -6.21. The van der Waals surface area contributed by atoms with Gasteiger partial charge >= 0.3 is 0 Å². The Morgan fingerprint density at radius 1 is 0.517 bits per heavy atom. The van der Waals surface area contributed by atoms with Gasteiger partial charge in [0.1, 0.15) is 0 Å². The summed E-state index contributed by atoms with van der Waals surface area (Å²) in [6.45, 7) is 20.6. The third kappa shape index (κ3) is 4.21. The second kappa shape index (κ2) is 10.8. The molecular formula is C51H45BN6. The molecule has 4 aromatic carbocycles. The highest BCUT2D eigenvalue weighted by atomic mass is 15.2. The van der Waals surface area contributed by atoms with Gasteiger partial charge in [0.05, 0.1) is 51.4 Å². The van der Waals surface area contributed by atoms with Crippen molar-refractivity contribution >= 4 is 100 Å². The first-order valence-electron chi connectivity index (χ1n) is 20.6. The molecule has 10 aromatic rings. The lowest BCUT2D eigenvalue weighted by Crippen LogP contribution is -2.61. The highest BCUT2D eigenvalue weighted by Crippen LogP contribution is 2.52. The number of fused-ring (bicyclic) bond motifs is 15. The summed E-state index contributed by atoms with van der Waals surface area (Å²) in [7, 11) is 0. The van der Waals surface area contributed by atoms with Crippen molar-refractivity contribution in [3.8, 4) is 5.69 Å². The maximum absolute atomic E-state index is 5.44. The number of benzene rings is 4. The van der Waals surface area contributed by atoms with E-state index in [4.69, 9.17) is 15.0 Å². The van der Waals surface area contributed by atoms with Crippen LogP contribution in [0, 0.1) is 0 Å². The van der Waals surface area contributed by atoms with Gasteiger partial charge in [0.2, 0.25) is 0 Å². The minimum absolute atomic E-state index is 0.00166. The number of anilines is 3. The summed E-state index contributed by atoms with van der Waals surface area (Å²) < 4.78 is 5.01. The van der Waals surface area contributed by atoms with Crippen molar-refractivity contribution in [1.82, 2.24) is 23.9 Å². The Balaban J connectivity index is 1.36. The van der Waals surface area contributed by atoms with E-state index in [0.717, 1.165) is 22.3 Å². The molecule has 0 radical (unpaired) electrons. The molecule has 282 valence electrons. The van der Waals surface area contributed by atoms with E-state index >= 15 is 0 Å². The summed E-state index contributed by atoms with van der Waals surface area (Å²) in [5, 5.41) is 7.38. The van der Waals surface area contributed by atoms with E-state index in [1.807, 2.05) is 24.8 Å². The van der Waals surface area contributed by atoms with Gasteiger partial charge in [-0.25, -0.2) is 0 Å². The molecule has 0 saturated carbocycles. The van der Waals surface area contributed by atoms with Crippen molar-refractivity contribution < 1.29 is 0 Å². The quantitative estimate of drug-likeness (QED) is 0.157. The van der Waals surface area contributed by atoms with Gasteiger partial charge in [-0.15, -0.1) is 0 Å². The van der Waals surface area contributed by atoms with Crippen molar-refractivity contribution in [2.24, 2.45) is 0 Å². The summed E-state index contributed by atoms with van der Waals surface area (Å²) in [6.07, 6.45) is 10.0. The van der Waals surface area contributed by atoms with Crippen LogP contribution in [0.2, 0.25) is 0 Å². The van der Waals surface area contributed by atoms with Crippen molar-refractivity contribution in [3.63, 3.8) is 0 Å². The van der Waals surface area contributed by atoms with Crippen LogP contribution in [-0.2, 0) is 16.2 Å². The van der Waals surface area contributed by atoms with Crippen LogP contribution < -0.4 is 21.4 Å². The Morgan fingerprint density at radius 3 is 1.76 bits per heavy atom. The zero-order valence-corrected chi connectivity index (χ0v) is 34.7. The molecule has 8 heterocycles. The zero-order valence-electron chi connectivity index (χ0n) is 34.7. The molecule has 0 aliphatic carbocycles. The molecule has 0 saturated heterocycles. The van der Waals surface area contributed by atoms with Gasteiger partial charge < -0.3 is 13.9 Å². The molecule has 0 unspecified atom stereocenters. The summed E-state index contributed by atoms with van der Waals surface area (Å²) >= 11 is 0. The Morgan fingerprint density at radius 2 is 1.10 bits per heavy atom. The lowest BCUT2D eigenvalue weighted by molar-refractivity contribution is 0.590. The van der Waals surface area contributed by atoms with Crippen molar-refractivity contribution in [1.29, 1.82) is 0 Å². The first-order chi connectivity index (χ1) is 27.7. The van der Waals surface area contributed by atoms with E-state index in [-0.39, 0.29) is 23.0 Å². The van der Waals surface area contributed by atoms with Crippen LogP contribution in [0.1, 0.15) is 79.0 Å². The molecule has 2 aliphatic rings. The lowest BCUT2D eigenvalue weighted by Gasteiger charge is -2.41. The summed E-state index contributed by atoms with van der Waals surface area (Å²) in [5.74, 6) is 0. The number of aromatic nitrogens is 5. The molecule has 58 heavy (non-hydrogen) atoms. The fourth-order valence-electron chi connectivity index (χ4n) is 10.4. The van der Waals surface area contributed by atoms with Crippen molar-refractivity contribution in [2.75, 3.05) is 4.90 Å². The average Bonchev–Trinajstić information content (AvgIpc) is 3.84. The SMILES string of the molecule is CC(C)(C)c1ccc(N2c3ccc(C(C)(C)C)cc3B3c4c2c2c5ccncc5n5c6cnccc6c(c4-n4c6ccc(C(C)(C)C)cc6c6ccnc3c64)c25)cc1. The molecule has 0 bridgehead atoms. The van der Waals surface area contributed by atoms with Gasteiger partial charge in [-0.05, 0) is 92.4 Å². The zero-order chi connectivity index (χ0) is 39.8. The largest absolute Gasteiger partial charge is 0.311 e. The molecule has 6 nitrogen and oxygen atoms in total. The molecule has 0 fully saturated rings. The molecular weight excluding hydrogens is 707 g/mol. The van der Waals surface area contributed by atoms with Crippen LogP contribution in [0.15, 0.2) is 110 Å². The molecule has 12 rings (SSSR count). The summed E-state index contributed by atoms with van der Waals surface area (Å²) in [4.78, 5) is 17.5. The van der Waals surface area contributed by atoms with E-state index in [0.29, 0.717) is 0 Å². The van der Waals surface area contributed by atoms with E-state index in [2.05, 4.69) is 161 Å².